The molecule has 0 saturated heterocycles. The summed E-state index contributed by atoms with van der Waals surface area (Å²) in [5.74, 6) is 0. The van der Waals surface area contributed by atoms with Crippen molar-refractivity contribution in [3.05, 3.63) is 132 Å². The summed E-state index contributed by atoms with van der Waals surface area (Å²) in [7, 11) is -1.50. The molecule has 6 rings (SSSR count). The first kappa shape index (κ1) is 23.3. The standard InChI is InChI=1S/C33H28BNO2/c1-33(2)30-14-8-6-13-28(30)29-22-26(20-21-31(29)33)35(25-18-16-24(17-19-25)34(36)37)32-15-9-7-12-27(32)23-10-4-3-5-11-23/h3-22,36-37H,1-2H3. The van der Waals surface area contributed by atoms with Crippen LogP contribution in [0.15, 0.2) is 121 Å². The number of anilines is 3. The van der Waals surface area contributed by atoms with E-state index in [1.165, 1.54) is 22.3 Å². The largest absolute Gasteiger partial charge is 0.488 e. The second-order valence-corrected chi connectivity index (χ2v) is 10.1. The summed E-state index contributed by atoms with van der Waals surface area (Å²) in [6, 6.07) is 41.7. The van der Waals surface area contributed by atoms with E-state index in [9.17, 15) is 10.0 Å². The molecule has 0 radical (unpaired) electrons. The fraction of sp³-hybridized carbons (Fsp3) is 0.0909. The molecule has 0 aromatic heterocycles. The molecule has 1 aliphatic carbocycles. The Labute approximate surface area is 218 Å². The first-order valence-electron chi connectivity index (χ1n) is 12.6. The first-order valence-corrected chi connectivity index (χ1v) is 12.6. The Hall–Kier alpha value is -4.12. The minimum Gasteiger partial charge on any atom is -0.423 e. The zero-order valence-electron chi connectivity index (χ0n) is 21.0. The Morgan fingerprint density at radius 1 is 0.568 bits per heavy atom. The van der Waals surface area contributed by atoms with Crippen LogP contribution in [0.25, 0.3) is 22.3 Å². The van der Waals surface area contributed by atoms with E-state index in [0.717, 1.165) is 28.2 Å². The lowest BCUT2D eigenvalue weighted by atomic mass is 9.80. The number of rotatable bonds is 5. The summed E-state index contributed by atoms with van der Waals surface area (Å²) >= 11 is 0. The van der Waals surface area contributed by atoms with Gasteiger partial charge < -0.3 is 14.9 Å². The summed E-state index contributed by atoms with van der Waals surface area (Å²) in [5.41, 5.74) is 10.9. The highest BCUT2D eigenvalue weighted by molar-refractivity contribution is 6.58. The number of hydrogen-bond acceptors (Lipinski definition) is 3. The molecule has 0 amide bonds. The van der Waals surface area contributed by atoms with Crippen molar-refractivity contribution in [2.75, 3.05) is 4.90 Å². The Kier molecular flexibility index (Phi) is 5.71. The smallest absolute Gasteiger partial charge is 0.423 e. The molecule has 3 nitrogen and oxygen atoms in total. The number of benzene rings is 5. The van der Waals surface area contributed by atoms with Crippen molar-refractivity contribution >= 4 is 29.6 Å². The molecule has 0 spiro atoms. The summed E-state index contributed by atoms with van der Waals surface area (Å²) in [5, 5.41) is 19.3. The van der Waals surface area contributed by atoms with E-state index in [4.69, 9.17) is 0 Å². The molecule has 0 unspecified atom stereocenters. The monoisotopic (exact) mass is 481 g/mol. The predicted molar refractivity (Wildman–Crippen MR) is 154 cm³/mol. The molecule has 0 heterocycles. The van der Waals surface area contributed by atoms with E-state index in [-0.39, 0.29) is 5.41 Å². The van der Waals surface area contributed by atoms with Crippen molar-refractivity contribution in [2.45, 2.75) is 19.3 Å². The summed E-state index contributed by atoms with van der Waals surface area (Å²) < 4.78 is 0. The fourth-order valence-corrected chi connectivity index (χ4v) is 5.60. The highest BCUT2D eigenvalue weighted by Gasteiger charge is 2.35. The van der Waals surface area contributed by atoms with Gasteiger partial charge in [0.2, 0.25) is 0 Å². The van der Waals surface area contributed by atoms with Gasteiger partial charge in [-0.1, -0.05) is 105 Å². The normalized spacial score (nSPS) is 13.1. The van der Waals surface area contributed by atoms with Crippen LogP contribution in [0.2, 0.25) is 0 Å². The van der Waals surface area contributed by atoms with Crippen LogP contribution in [0, 0.1) is 0 Å². The van der Waals surface area contributed by atoms with Gasteiger partial charge in [0.05, 0.1) is 5.69 Å². The second kappa shape index (κ2) is 9.08. The molecular formula is C33H28BNO2. The molecular weight excluding hydrogens is 453 g/mol. The van der Waals surface area contributed by atoms with Crippen LogP contribution >= 0.6 is 0 Å². The average Bonchev–Trinajstić information content (AvgIpc) is 3.16. The topological polar surface area (TPSA) is 43.7 Å². The minimum atomic E-state index is -1.50. The lowest BCUT2D eigenvalue weighted by Gasteiger charge is -2.29. The zero-order valence-corrected chi connectivity index (χ0v) is 21.0. The Balaban J connectivity index is 1.57. The molecule has 5 aromatic carbocycles. The molecule has 5 aromatic rings. The van der Waals surface area contributed by atoms with E-state index in [0.29, 0.717) is 5.46 Å². The first-order chi connectivity index (χ1) is 17.9. The maximum Gasteiger partial charge on any atom is 0.488 e. The van der Waals surface area contributed by atoms with Crippen molar-refractivity contribution in [3.63, 3.8) is 0 Å². The molecule has 1 aliphatic rings. The van der Waals surface area contributed by atoms with Crippen molar-refractivity contribution < 1.29 is 10.0 Å². The van der Waals surface area contributed by atoms with Gasteiger partial charge in [-0.2, -0.15) is 0 Å². The van der Waals surface area contributed by atoms with Crippen LogP contribution in [0.1, 0.15) is 25.0 Å². The van der Waals surface area contributed by atoms with E-state index < -0.39 is 7.12 Å². The van der Waals surface area contributed by atoms with Crippen LogP contribution in [0.5, 0.6) is 0 Å². The van der Waals surface area contributed by atoms with Crippen molar-refractivity contribution in [3.8, 4) is 22.3 Å². The second-order valence-electron chi connectivity index (χ2n) is 10.1. The third-order valence-electron chi connectivity index (χ3n) is 7.50. The molecule has 0 bridgehead atoms. The Bertz CT molecular complexity index is 1580. The van der Waals surface area contributed by atoms with Crippen LogP contribution in [-0.4, -0.2) is 17.2 Å². The number of para-hydroxylation sites is 1. The molecule has 180 valence electrons. The van der Waals surface area contributed by atoms with Crippen LogP contribution in [-0.2, 0) is 5.41 Å². The molecule has 0 atom stereocenters. The minimum absolute atomic E-state index is 0.0594. The molecule has 37 heavy (non-hydrogen) atoms. The highest BCUT2D eigenvalue weighted by atomic mass is 16.4. The number of fused-ring (bicyclic) bond motifs is 3. The molecule has 4 heteroatoms. The molecule has 0 fully saturated rings. The van der Waals surface area contributed by atoms with Crippen LogP contribution < -0.4 is 10.4 Å². The quantitative estimate of drug-likeness (QED) is 0.271. The van der Waals surface area contributed by atoms with Gasteiger partial charge in [-0.25, -0.2) is 0 Å². The van der Waals surface area contributed by atoms with Crippen molar-refractivity contribution in [1.29, 1.82) is 0 Å². The number of nitrogens with zero attached hydrogens (tertiary/aromatic N) is 1. The maximum atomic E-state index is 9.67. The zero-order chi connectivity index (χ0) is 25.6. The van der Waals surface area contributed by atoms with Gasteiger partial charge in [0.25, 0.3) is 0 Å². The third-order valence-corrected chi connectivity index (χ3v) is 7.50. The van der Waals surface area contributed by atoms with Crippen LogP contribution in [0.4, 0.5) is 17.1 Å². The van der Waals surface area contributed by atoms with Gasteiger partial charge in [-0.15, -0.1) is 0 Å². The third kappa shape index (κ3) is 3.95. The van der Waals surface area contributed by atoms with Gasteiger partial charge >= 0.3 is 7.12 Å². The molecule has 0 saturated carbocycles. The van der Waals surface area contributed by atoms with E-state index in [1.54, 1.807) is 12.1 Å². The van der Waals surface area contributed by atoms with Crippen LogP contribution in [0.3, 0.4) is 0 Å². The highest BCUT2D eigenvalue weighted by Crippen LogP contribution is 2.51. The fourth-order valence-electron chi connectivity index (χ4n) is 5.60. The van der Waals surface area contributed by atoms with Crippen molar-refractivity contribution in [1.82, 2.24) is 0 Å². The van der Waals surface area contributed by atoms with E-state index in [1.807, 2.05) is 18.2 Å². The molecule has 2 N–H and O–H groups in total. The summed E-state index contributed by atoms with van der Waals surface area (Å²) in [6.07, 6.45) is 0. The Morgan fingerprint density at radius 2 is 1.16 bits per heavy atom. The summed E-state index contributed by atoms with van der Waals surface area (Å²) in [4.78, 5) is 2.25. The van der Waals surface area contributed by atoms with Gasteiger partial charge in [-0.05, 0) is 63.6 Å². The van der Waals surface area contributed by atoms with Gasteiger partial charge in [0, 0.05) is 22.4 Å². The average molecular weight is 481 g/mol. The maximum absolute atomic E-state index is 9.67. The Morgan fingerprint density at radius 3 is 1.89 bits per heavy atom. The number of hydrogen-bond donors (Lipinski definition) is 2. The van der Waals surface area contributed by atoms with Gasteiger partial charge in [-0.3, -0.25) is 0 Å². The van der Waals surface area contributed by atoms with E-state index >= 15 is 0 Å². The molecule has 0 aliphatic heterocycles. The lowest BCUT2D eigenvalue weighted by Crippen LogP contribution is -2.29. The lowest BCUT2D eigenvalue weighted by molar-refractivity contribution is 0.426. The van der Waals surface area contributed by atoms with Crippen molar-refractivity contribution in [2.24, 2.45) is 0 Å². The van der Waals surface area contributed by atoms with E-state index in [2.05, 4.69) is 110 Å². The summed E-state index contributed by atoms with van der Waals surface area (Å²) in [6.45, 7) is 4.58. The SMILES string of the molecule is CC1(C)c2ccccc2-c2cc(N(c3ccc(B(O)O)cc3)c3ccccc3-c3ccccc3)ccc21. The van der Waals surface area contributed by atoms with Gasteiger partial charge in [0.15, 0.2) is 0 Å². The van der Waals surface area contributed by atoms with Gasteiger partial charge in [0.1, 0.15) is 0 Å². The predicted octanol–water partition coefficient (Wildman–Crippen LogP) is 6.81.